The Hall–Kier alpha value is -2.31. The zero-order valence-electron chi connectivity index (χ0n) is 12.3. The number of benzene rings is 1. The molecule has 0 fully saturated rings. The Labute approximate surface area is 126 Å². The minimum absolute atomic E-state index is 0.0211. The normalized spacial score (nSPS) is 11.8. The van der Waals surface area contributed by atoms with Gasteiger partial charge in [0.2, 0.25) is 5.91 Å². The number of halogens is 2. The molecule has 1 N–H and O–H groups in total. The van der Waals surface area contributed by atoms with Gasteiger partial charge in [0.25, 0.3) is 0 Å². The van der Waals surface area contributed by atoms with E-state index in [1.165, 1.54) is 18.9 Å². The number of carboxylic acids is 1. The third-order valence-electron chi connectivity index (χ3n) is 3.19. The van der Waals surface area contributed by atoms with E-state index in [0.29, 0.717) is 6.07 Å². The third kappa shape index (κ3) is 4.91. The first-order valence-electron chi connectivity index (χ1n) is 6.67. The molecular weight excluding hydrogens is 296 g/mol. The van der Waals surface area contributed by atoms with Crippen LogP contribution in [0.5, 0.6) is 0 Å². The number of nitrogens with zero attached hydrogens (tertiary/aromatic N) is 1. The number of carboxylic acid groups (broad SMARTS) is 1. The van der Waals surface area contributed by atoms with Crippen LogP contribution >= 0.6 is 0 Å². The summed E-state index contributed by atoms with van der Waals surface area (Å²) >= 11 is 0. The Bertz CT molecular complexity index is 589. The van der Waals surface area contributed by atoms with Gasteiger partial charge >= 0.3 is 5.97 Å². The number of ketones is 1. The van der Waals surface area contributed by atoms with Crippen molar-refractivity contribution in [2.24, 2.45) is 5.92 Å². The number of hydrogen-bond acceptors (Lipinski definition) is 3. The fraction of sp³-hybridized carbons (Fsp3) is 0.400. The molecule has 0 aliphatic carbocycles. The molecule has 0 aliphatic rings. The first kappa shape index (κ1) is 17.7. The van der Waals surface area contributed by atoms with Crippen LogP contribution in [0.15, 0.2) is 18.2 Å². The van der Waals surface area contributed by atoms with E-state index in [-0.39, 0.29) is 24.9 Å². The van der Waals surface area contributed by atoms with E-state index < -0.39 is 35.2 Å². The maximum absolute atomic E-state index is 13.4. The van der Waals surface area contributed by atoms with E-state index in [0.717, 1.165) is 12.1 Å². The maximum Gasteiger partial charge on any atom is 0.308 e. The van der Waals surface area contributed by atoms with E-state index in [4.69, 9.17) is 5.11 Å². The summed E-state index contributed by atoms with van der Waals surface area (Å²) in [6, 6.07) is 2.61. The zero-order valence-corrected chi connectivity index (χ0v) is 12.3. The summed E-state index contributed by atoms with van der Waals surface area (Å²) in [5.41, 5.74) is -0.268. The minimum Gasteiger partial charge on any atom is -0.481 e. The van der Waals surface area contributed by atoms with Crippen LogP contribution < -0.4 is 0 Å². The van der Waals surface area contributed by atoms with Gasteiger partial charge in [-0.05, 0) is 12.1 Å². The first-order chi connectivity index (χ1) is 10.2. The van der Waals surface area contributed by atoms with Crippen molar-refractivity contribution in [1.29, 1.82) is 0 Å². The number of hydrogen-bond donors (Lipinski definition) is 1. The lowest BCUT2D eigenvalue weighted by Crippen LogP contribution is -2.33. The second-order valence-electron chi connectivity index (χ2n) is 5.06. The van der Waals surface area contributed by atoms with Crippen molar-refractivity contribution in [3.63, 3.8) is 0 Å². The molecule has 0 aromatic heterocycles. The van der Waals surface area contributed by atoms with Crippen molar-refractivity contribution in [3.8, 4) is 0 Å². The monoisotopic (exact) mass is 313 g/mol. The summed E-state index contributed by atoms with van der Waals surface area (Å²) in [7, 11) is 1.44. The lowest BCUT2D eigenvalue weighted by molar-refractivity contribution is -0.142. The highest BCUT2D eigenvalue weighted by atomic mass is 19.1. The minimum atomic E-state index is -1.02. The fourth-order valence-electron chi connectivity index (χ4n) is 1.85. The summed E-state index contributed by atoms with van der Waals surface area (Å²) in [5, 5.41) is 8.77. The molecule has 1 amide bonds. The van der Waals surface area contributed by atoms with E-state index >= 15 is 0 Å². The highest BCUT2D eigenvalue weighted by Crippen LogP contribution is 2.13. The Morgan fingerprint density at radius 2 is 1.86 bits per heavy atom. The van der Waals surface area contributed by atoms with Gasteiger partial charge < -0.3 is 10.0 Å². The molecule has 1 atom stereocenters. The van der Waals surface area contributed by atoms with Crippen LogP contribution in [-0.4, -0.2) is 41.3 Å². The highest BCUT2D eigenvalue weighted by molar-refractivity contribution is 5.98. The molecule has 1 rings (SSSR count). The predicted octanol–water partition coefficient (Wildman–Crippen LogP) is 2.11. The largest absolute Gasteiger partial charge is 0.481 e. The molecule has 1 aromatic rings. The van der Waals surface area contributed by atoms with Crippen molar-refractivity contribution >= 4 is 17.7 Å². The average Bonchev–Trinajstić information content (AvgIpc) is 2.43. The molecular formula is C15H17F2NO4. The molecule has 0 spiro atoms. The quantitative estimate of drug-likeness (QED) is 0.782. The third-order valence-corrected chi connectivity index (χ3v) is 3.19. The average molecular weight is 313 g/mol. The standard InChI is InChI=1S/C15H17F2NO4/c1-9(15(21)22)8-18(2)14(20)6-5-13(19)11-4-3-10(16)7-12(11)17/h3-4,7,9H,5-6,8H2,1-2H3,(H,21,22). The summed E-state index contributed by atoms with van der Waals surface area (Å²) in [6.45, 7) is 1.48. The van der Waals surface area contributed by atoms with Gasteiger partial charge in [-0.15, -0.1) is 0 Å². The van der Waals surface area contributed by atoms with Crippen molar-refractivity contribution < 1.29 is 28.3 Å². The van der Waals surface area contributed by atoms with Crippen LogP contribution in [0.1, 0.15) is 30.1 Å². The van der Waals surface area contributed by atoms with Gasteiger partial charge in [0, 0.05) is 32.5 Å². The van der Waals surface area contributed by atoms with Crippen LogP contribution in [0.3, 0.4) is 0 Å². The molecule has 0 heterocycles. The summed E-state index contributed by atoms with van der Waals surface area (Å²) in [6.07, 6.45) is -0.397. The molecule has 0 saturated heterocycles. The smallest absolute Gasteiger partial charge is 0.308 e. The summed E-state index contributed by atoms with van der Waals surface area (Å²) in [5.74, 6) is -4.52. The predicted molar refractivity (Wildman–Crippen MR) is 74.4 cm³/mol. The van der Waals surface area contributed by atoms with Crippen molar-refractivity contribution in [3.05, 3.63) is 35.4 Å². The van der Waals surface area contributed by atoms with Crippen molar-refractivity contribution in [2.75, 3.05) is 13.6 Å². The van der Waals surface area contributed by atoms with Crippen molar-refractivity contribution in [2.45, 2.75) is 19.8 Å². The van der Waals surface area contributed by atoms with Crippen LogP contribution in [0.25, 0.3) is 0 Å². The Morgan fingerprint density at radius 1 is 1.23 bits per heavy atom. The maximum atomic E-state index is 13.4. The van der Waals surface area contributed by atoms with E-state index in [1.54, 1.807) is 0 Å². The molecule has 1 aromatic carbocycles. The Kier molecular flexibility index (Phi) is 6.15. The number of carbonyl (C=O) groups is 3. The van der Waals surface area contributed by atoms with Crippen LogP contribution in [0, 0.1) is 17.6 Å². The zero-order chi connectivity index (χ0) is 16.9. The topological polar surface area (TPSA) is 74.7 Å². The second kappa shape index (κ2) is 7.63. The van der Waals surface area contributed by atoms with Gasteiger partial charge in [0.15, 0.2) is 5.78 Å². The fourth-order valence-corrected chi connectivity index (χ4v) is 1.85. The second-order valence-corrected chi connectivity index (χ2v) is 5.06. The molecule has 0 bridgehead atoms. The van der Waals surface area contributed by atoms with Gasteiger partial charge in [-0.25, -0.2) is 8.78 Å². The van der Waals surface area contributed by atoms with Crippen molar-refractivity contribution in [1.82, 2.24) is 4.90 Å². The molecule has 0 radical (unpaired) electrons. The number of aliphatic carboxylic acids is 1. The Morgan fingerprint density at radius 3 is 2.41 bits per heavy atom. The Balaban J connectivity index is 2.56. The highest BCUT2D eigenvalue weighted by Gasteiger charge is 2.19. The molecule has 0 saturated carbocycles. The first-order valence-corrected chi connectivity index (χ1v) is 6.67. The lowest BCUT2D eigenvalue weighted by Gasteiger charge is -2.19. The van der Waals surface area contributed by atoms with Gasteiger partial charge in [-0.2, -0.15) is 0 Å². The van der Waals surface area contributed by atoms with E-state index in [2.05, 4.69) is 0 Å². The van der Waals surface area contributed by atoms with E-state index in [9.17, 15) is 23.2 Å². The van der Waals surface area contributed by atoms with Gasteiger partial charge in [0.05, 0.1) is 11.5 Å². The van der Waals surface area contributed by atoms with Gasteiger partial charge in [-0.1, -0.05) is 6.92 Å². The lowest BCUT2D eigenvalue weighted by atomic mass is 10.1. The van der Waals surface area contributed by atoms with Crippen LogP contribution in [0.2, 0.25) is 0 Å². The SMILES string of the molecule is CC(CN(C)C(=O)CCC(=O)c1ccc(F)cc1F)C(=O)O. The molecule has 0 aliphatic heterocycles. The summed E-state index contributed by atoms with van der Waals surface area (Å²) in [4.78, 5) is 35.5. The molecule has 22 heavy (non-hydrogen) atoms. The number of rotatable bonds is 7. The number of carbonyl (C=O) groups excluding carboxylic acids is 2. The molecule has 120 valence electrons. The van der Waals surface area contributed by atoms with Crippen LogP contribution in [0.4, 0.5) is 8.78 Å². The molecule has 7 heteroatoms. The van der Waals surface area contributed by atoms with Gasteiger partial charge in [-0.3, -0.25) is 14.4 Å². The summed E-state index contributed by atoms with van der Waals surface area (Å²) < 4.78 is 26.2. The van der Waals surface area contributed by atoms with E-state index in [1.807, 2.05) is 0 Å². The van der Waals surface area contributed by atoms with Gasteiger partial charge in [0.1, 0.15) is 11.6 Å². The van der Waals surface area contributed by atoms with Crippen LogP contribution in [-0.2, 0) is 9.59 Å². The molecule has 5 nitrogen and oxygen atoms in total. The number of amides is 1. The molecule has 1 unspecified atom stereocenters. The number of Topliss-reactive ketones (excluding diaryl/α,β-unsaturated/α-hetero) is 1.